The van der Waals surface area contributed by atoms with Gasteiger partial charge in [-0.1, -0.05) is 36.8 Å². The third kappa shape index (κ3) is 11.0. The second kappa shape index (κ2) is 9.88. The standard InChI is InChI=1S/C15H24O2/c1-13(2)9-8-11-14(3)10-6-5-7-12-15(16)17-4/h5-7,9,12,14H,8,10-11H2,1-4H3/b6-5+,12-7+. The molecule has 0 fully saturated rings. The maximum atomic E-state index is 10.8. The highest BCUT2D eigenvalue weighted by Crippen LogP contribution is 2.12. The van der Waals surface area contributed by atoms with Crippen LogP contribution >= 0.6 is 0 Å². The van der Waals surface area contributed by atoms with Crippen molar-refractivity contribution in [1.82, 2.24) is 0 Å². The number of hydrogen-bond donors (Lipinski definition) is 0. The van der Waals surface area contributed by atoms with E-state index in [1.54, 1.807) is 6.08 Å². The number of carbonyl (C=O) groups excluding carboxylic acids is 1. The summed E-state index contributed by atoms with van der Waals surface area (Å²) in [5, 5.41) is 0. The van der Waals surface area contributed by atoms with Crippen molar-refractivity contribution < 1.29 is 9.53 Å². The highest BCUT2D eigenvalue weighted by atomic mass is 16.5. The molecule has 0 N–H and O–H groups in total. The first-order valence-electron chi connectivity index (χ1n) is 6.10. The molecule has 0 spiro atoms. The van der Waals surface area contributed by atoms with Gasteiger partial charge in [-0.2, -0.15) is 0 Å². The van der Waals surface area contributed by atoms with Gasteiger partial charge in [0.2, 0.25) is 0 Å². The van der Waals surface area contributed by atoms with Crippen LogP contribution in [-0.4, -0.2) is 13.1 Å². The average molecular weight is 236 g/mol. The van der Waals surface area contributed by atoms with Gasteiger partial charge in [-0.3, -0.25) is 0 Å². The molecule has 0 saturated heterocycles. The highest BCUT2D eigenvalue weighted by Gasteiger charge is 1.97. The van der Waals surface area contributed by atoms with Crippen molar-refractivity contribution in [1.29, 1.82) is 0 Å². The molecule has 0 amide bonds. The van der Waals surface area contributed by atoms with Crippen LogP contribution in [0.5, 0.6) is 0 Å². The minimum absolute atomic E-state index is 0.314. The first-order chi connectivity index (χ1) is 8.06. The second-order valence-electron chi connectivity index (χ2n) is 4.51. The monoisotopic (exact) mass is 236 g/mol. The number of methoxy groups -OCH3 is 1. The molecule has 0 radical (unpaired) electrons. The quantitative estimate of drug-likeness (QED) is 0.288. The molecule has 96 valence electrons. The third-order valence-electron chi connectivity index (χ3n) is 2.43. The van der Waals surface area contributed by atoms with Crippen molar-refractivity contribution in [3.63, 3.8) is 0 Å². The summed E-state index contributed by atoms with van der Waals surface area (Å²) in [6.45, 7) is 6.50. The largest absolute Gasteiger partial charge is 0.466 e. The SMILES string of the molecule is COC(=O)/C=C/C=C/CC(C)CCC=C(C)C. The van der Waals surface area contributed by atoms with Crippen LogP contribution in [0.15, 0.2) is 36.0 Å². The van der Waals surface area contributed by atoms with Crippen LogP contribution in [0, 0.1) is 5.92 Å². The predicted octanol–water partition coefficient (Wildman–Crippen LogP) is 4.04. The third-order valence-corrected chi connectivity index (χ3v) is 2.43. The van der Waals surface area contributed by atoms with Crippen LogP contribution in [0.1, 0.15) is 40.0 Å². The van der Waals surface area contributed by atoms with Gasteiger partial charge in [0.25, 0.3) is 0 Å². The Morgan fingerprint density at radius 1 is 1.29 bits per heavy atom. The molecule has 0 bridgehead atoms. The summed E-state index contributed by atoms with van der Waals surface area (Å²) in [7, 11) is 1.38. The predicted molar refractivity (Wildman–Crippen MR) is 72.7 cm³/mol. The van der Waals surface area contributed by atoms with Gasteiger partial charge in [0.15, 0.2) is 0 Å². The van der Waals surface area contributed by atoms with E-state index >= 15 is 0 Å². The maximum absolute atomic E-state index is 10.8. The normalized spacial score (nSPS) is 12.9. The summed E-state index contributed by atoms with van der Waals surface area (Å²) < 4.78 is 4.49. The van der Waals surface area contributed by atoms with Gasteiger partial charge in [0, 0.05) is 6.08 Å². The molecule has 2 nitrogen and oxygen atoms in total. The summed E-state index contributed by atoms with van der Waals surface area (Å²) in [5.41, 5.74) is 1.38. The number of esters is 1. The molecule has 0 rings (SSSR count). The van der Waals surface area contributed by atoms with Gasteiger partial charge < -0.3 is 4.74 Å². The van der Waals surface area contributed by atoms with E-state index in [1.165, 1.54) is 25.2 Å². The fourth-order valence-corrected chi connectivity index (χ4v) is 1.37. The second-order valence-corrected chi connectivity index (χ2v) is 4.51. The fourth-order valence-electron chi connectivity index (χ4n) is 1.37. The number of rotatable bonds is 7. The first-order valence-corrected chi connectivity index (χ1v) is 6.10. The molecule has 0 heterocycles. The lowest BCUT2D eigenvalue weighted by molar-refractivity contribution is -0.134. The molecule has 0 saturated carbocycles. The minimum Gasteiger partial charge on any atom is -0.466 e. The molecule has 0 aromatic rings. The lowest BCUT2D eigenvalue weighted by atomic mass is 10.0. The molecular weight excluding hydrogens is 212 g/mol. The van der Waals surface area contributed by atoms with E-state index in [9.17, 15) is 4.79 Å². The molecule has 2 heteroatoms. The summed E-state index contributed by atoms with van der Waals surface area (Å²) in [6, 6.07) is 0. The van der Waals surface area contributed by atoms with Crippen molar-refractivity contribution in [3.05, 3.63) is 36.0 Å². The zero-order valence-corrected chi connectivity index (χ0v) is 11.4. The van der Waals surface area contributed by atoms with E-state index in [2.05, 4.69) is 37.7 Å². The lowest BCUT2D eigenvalue weighted by Gasteiger charge is -2.05. The van der Waals surface area contributed by atoms with Crippen LogP contribution in [0.2, 0.25) is 0 Å². The van der Waals surface area contributed by atoms with Crippen LogP contribution in [0.3, 0.4) is 0 Å². The molecular formula is C15H24O2. The average Bonchev–Trinajstić information content (AvgIpc) is 2.27. The Labute approximate surface area is 105 Å². The van der Waals surface area contributed by atoms with E-state index in [4.69, 9.17) is 0 Å². The fraction of sp³-hybridized carbons (Fsp3) is 0.533. The van der Waals surface area contributed by atoms with Crippen molar-refractivity contribution >= 4 is 5.97 Å². The van der Waals surface area contributed by atoms with Gasteiger partial charge in [-0.25, -0.2) is 4.79 Å². The Kier molecular flexibility index (Phi) is 9.12. The summed E-state index contributed by atoms with van der Waals surface area (Å²) in [4.78, 5) is 10.8. The molecule has 0 aliphatic carbocycles. The van der Waals surface area contributed by atoms with Gasteiger partial charge in [-0.05, 0) is 39.0 Å². The molecule has 0 aromatic heterocycles. The first kappa shape index (κ1) is 15.7. The highest BCUT2D eigenvalue weighted by molar-refractivity contribution is 5.82. The van der Waals surface area contributed by atoms with Gasteiger partial charge in [-0.15, -0.1) is 0 Å². The molecule has 17 heavy (non-hydrogen) atoms. The summed E-state index contributed by atoms with van der Waals surface area (Å²) in [6.07, 6.45) is 12.8. The molecule has 1 atom stereocenters. The lowest BCUT2D eigenvalue weighted by Crippen LogP contribution is -1.93. The van der Waals surface area contributed by atoms with Crippen LogP contribution in [0.4, 0.5) is 0 Å². The topological polar surface area (TPSA) is 26.3 Å². The minimum atomic E-state index is -0.314. The van der Waals surface area contributed by atoms with E-state index in [0.29, 0.717) is 5.92 Å². The zero-order chi connectivity index (χ0) is 13.1. The van der Waals surface area contributed by atoms with Gasteiger partial charge in [0.1, 0.15) is 0 Å². The molecule has 0 aliphatic heterocycles. The van der Waals surface area contributed by atoms with E-state index in [1.807, 2.05) is 6.08 Å². The Bertz CT molecular complexity index is 294. The van der Waals surface area contributed by atoms with Crippen molar-refractivity contribution in [3.8, 4) is 0 Å². The number of hydrogen-bond acceptors (Lipinski definition) is 2. The molecule has 0 aromatic carbocycles. The van der Waals surface area contributed by atoms with Crippen molar-refractivity contribution in [2.45, 2.75) is 40.0 Å². The Morgan fingerprint density at radius 3 is 2.59 bits per heavy atom. The number of carbonyl (C=O) groups is 1. The smallest absolute Gasteiger partial charge is 0.330 e. The molecule has 0 aliphatic rings. The van der Waals surface area contributed by atoms with Crippen LogP contribution in [0.25, 0.3) is 0 Å². The van der Waals surface area contributed by atoms with Crippen molar-refractivity contribution in [2.24, 2.45) is 5.92 Å². The van der Waals surface area contributed by atoms with E-state index in [0.717, 1.165) is 12.8 Å². The van der Waals surface area contributed by atoms with Crippen LogP contribution < -0.4 is 0 Å². The van der Waals surface area contributed by atoms with Gasteiger partial charge >= 0.3 is 5.97 Å². The molecule has 1 unspecified atom stereocenters. The summed E-state index contributed by atoms with van der Waals surface area (Å²) in [5.74, 6) is 0.361. The Balaban J connectivity index is 3.72. The maximum Gasteiger partial charge on any atom is 0.330 e. The van der Waals surface area contributed by atoms with Crippen molar-refractivity contribution in [2.75, 3.05) is 7.11 Å². The van der Waals surface area contributed by atoms with E-state index < -0.39 is 0 Å². The van der Waals surface area contributed by atoms with E-state index in [-0.39, 0.29) is 5.97 Å². The number of ether oxygens (including phenoxy) is 1. The van der Waals surface area contributed by atoms with Crippen LogP contribution in [-0.2, 0) is 9.53 Å². The van der Waals surface area contributed by atoms with Gasteiger partial charge in [0.05, 0.1) is 7.11 Å². The zero-order valence-electron chi connectivity index (χ0n) is 11.4. The Morgan fingerprint density at radius 2 is 2.00 bits per heavy atom. The Hall–Kier alpha value is -1.31. The number of allylic oxidation sites excluding steroid dienone is 5. The summed E-state index contributed by atoms with van der Waals surface area (Å²) >= 11 is 0.